The van der Waals surface area contributed by atoms with E-state index in [0.29, 0.717) is 5.82 Å². The van der Waals surface area contributed by atoms with Crippen LogP contribution in [0, 0.1) is 5.92 Å². The van der Waals surface area contributed by atoms with Gasteiger partial charge in [-0.1, -0.05) is 44.2 Å². The first kappa shape index (κ1) is 18.1. The summed E-state index contributed by atoms with van der Waals surface area (Å²) in [4.78, 5) is 15.4. The van der Waals surface area contributed by atoms with E-state index in [9.17, 15) is 4.79 Å². The Hall–Kier alpha value is -2.67. The van der Waals surface area contributed by atoms with E-state index in [-0.39, 0.29) is 11.8 Å². The molecule has 1 unspecified atom stereocenters. The Balaban J connectivity index is 1.80. The molecule has 1 amide bonds. The average Bonchev–Trinajstić information content (AvgIpc) is 3.12. The van der Waals surface area contributed by atoms with Crippen molar-refractivity contribution >= 4 is 23.4 Å². The van der Waals surface area contributed by atoms with E-state index in [1.165, 1.54) is 4.80 Å². The van der Waals surface area contributed by atoms with Gasteiger partial charge in [0.15, 0.2) is 6.04 Å². The second kappa shape index (κ2) is 8.14. The molecule has 26 heavy (non-hydrogen) atoms. The summed E-state index contributed by atoms with van der Waals surface area (Å²) in [6.45, 7) is 3.93. The molecule has 0 fully saturated rings. The fourth-order valence-electron chi connectivity index (χ4n) is 2.61. The van der Waals surface area contributed by atoms with Gasteiger partial charge in [0.2, 0.25) is 5.82 Å². The number of aromatic nitrogens is 4. The third-order valence-corrected chi connectivity index (χ3v) is 4.71. The monoisotopic (exact) mass is 367 g/mol. The number of carbonyl (C=O) groups is 1. The van der Waals surface area contributed by atoms with Crippen LogP contribution in [0.15, 0.2) is 59.5 Å². The summed E-state index contributed by atoms with van der Waals surface area (Å²) in [6.07, 6.45) is 2.02. The Kier molecular flexibility index (Phi) is 5.68. The molecule has 0 spiro atoms. The molecule has 0 saturated carbocycles. The summed E-state index contributed by atoms with van der Waals surface area (Å²) in [5.41, 5.74) is 1.62. The third-order valence-electron chi connectivity index (χ3n) is 3.97. The highest BCUT2D eigenvalue weighted by Crippen LogP contribution is 2.22. The van der Waals surface area contributed by atoms with E-state index in [1.54, 1.807) is 11.8 Å². The molecule has 1 aromatic heterocycles. The molecule has 0 aliphatic rings. The molecule has 0 bridgehead atoms. The average molecular weight is 367 g/mol. The molecule has 1 N–H and O–H groups in total. The zero-order chi connectivity index (χ0) is 18.5. The lowest BCUT2D eigenvalue weighted by Crippen LogP contribution is -2.31. The minimum Gasteiger partial charge on any atom is -0.324 e. The molecule has 7 heteroatoms. The highest BCUT2D eigenvalue weighted by molar-refractivity contribution is 7.98. The van der Waals surface area contributed by atoms with Crippen LogP contribution < -0.4 is 5.32 Å². The Bertz CT molecular complexity index is 861. The van der Waals surface area contributed by atoms with Crippen molar-refractivity contribution in [2.24, 2.45) is 5.92 Å². The molecule has 1 atom stereocenters. The largest absolute Gasteiger partial charge is 0.324 e. The van der Waals surface area contributed by atoms with Crippen molar-refractivity contribution in [1.29, 1.82) is 0 Å². The van der Waals surface area contributed by atoms with Crippen LogP contribution in [0.1, 0.15) is 19.9 Å². The number of tetrazole rings is 1. The predicted octanol–water partition coefficient (Wildman–Crippen LogP) is 3.90. The van der Waals surface area contributed by atoms with Gasteiger partial charge in [0.05, 0.1) is 0 Å². The van der Waals surface area contributed by atoms with Crippen LogP contribution in [0.2, 0.25) is 0 Å². The van der Waals surface area contributed by atoms with Gasteiger partial charge in [0, 0.05) is 16.1 Å². The van der Waals surface area contributed by atoms with E-state index >= 15 is 0 Å². The topological polar surface area (TPSA) is 72.7 Å². The number of rotatable bonds is 6. The molecule has 0 saturated heterocycles. The van der Waals surface area contributed by atoms with Gasteiger partial charge in [-0.3, -0.25) is 4.79 Å². The highest BCUT2D eigenvalue weighted by atomic mass is 32.2. The lowest BCUT2D eigenvalue weighted by molar-refractivity contribution is -0.121. The van der Waals surface area contributed by atoms with Crippen molar-refractivity contribution in [2.75, 3.05) is 11.6 Å². The van der Waals surface area contributed by atoms with Crippen LogP contribution in [0.25, 0.3) is 11.4 Å². The number of amides is 1. The van der Waals surface area contributed by atoms with E-state index < -0.39 is 6.04 Å². The summed E-state index contributed by atoms with van der Waals surface area (Å²) in [5.74, 6) is 0.362. The molecule has 3 aromatic rings. The fourth-order valence-corrected chi connectivity index (χ4v) is 3.02. The number of hydrogen-bond donors (Lipinski definition) is 1. The molecular formula is C19H21N5OS. The van der Waals surface area contributed by atoms with Crippen molar-refractivity contribution in [3.63, 3.8) is 0 Å². The predicted molar refractivity (Wildman–Crippen MR) is 104 cm³/mol. The Morgan fingerprint density at radius 1 is 1.08 bits per heavy atom. The van der Waals surface area contributed by atoms with Gasteiger partial charge in [-0.25, -0.2) is 0 Å². The molecule has 0 radical (unpaired) electrons. The molecule has 134 valence electrons. The van der Waals surface area contributed by atoms with Gasteiger partial charge >= 0.3 is 0 Å². The quantitative estimate of drug-likeness (QED) is 0.669. The summed E-state index contributed by atoms with van der Waals surface area (Å²) in [7, 11) is 0. The smallest absolute Gasteiger partial charge is 0.251 e. The zero-order valence-corrected chi connectivity index (χ0v) is 15.8. The molecule has 0 aliphatic heterocycles. The molecule has 1 heterocycles. The zero-order valence-electron chi connectivity index (χ0n) is 15.0. The van der Waals surface area contributed by atoms with E-state index in [1.807, 2.05) is 74.7 Å². The van der Waals surface area contributed by atoms with E-state index in [4.69, 9.17) is 0 Å². The number of nitrogens with zero attached hydrogens (tertiary/aromatic N) is 4. The van der Waals surface area contributed by atoms with Gasteiger partial charge in [-0.05, 0) is 41.7 Å². The molecule has 6 nitrogen and oxygen atoms in total. The minimum atomic E-state index is -0.541. The maximum Gasteiger partial charge on any atom is 0.251 e. The summed E-state index contributed by atoms with van der Waals surface area (Å²) in [6, 6.07) is 16.8. The lowest BCUT2D eigenvalue weighted by Gasteiger charge is -2.18. The molecular weight excluding hydrogens is 346 g/mol. The van der Waals surface area contributed by atoms with Crippen molar-refractivity contribution < 1.29 is 4.79 Å². The number of carbonyl (C=O) groups excluding carboxylic acids is 1. The van der Waals surface area contributed by atoms with Crippen LogP contribution in [0.3, 0.4) is 0 Å². The van der Waals surface area contributed by atoms with Crippen molar-refractivity contribution in [2.45, 2.75) is 24.8 Å². The summed E-state index contributed by atoms with van der Waals surface area (Å²) < 4.78 is 0. The van der Waals surface area contributed by atoms with E-state index in [0.717, 1.165) is 16.1 Å². The lowest BCUT2D eigenvalue weighted by atomic mass is 10.0. The van der Waals surface area contributed by atoms with Gasteiger partial charge in [0.25, 0.3) is 5.91 Å². The first-order valence-corrected chi connectivity index (χ1v) is 9.61. The highest BCUT2D eigenvalue weighted by Gasteiger charge is 2.27. The Labute approximate surface area is 157 Å². The Morgan fingerprint density at radius 2 is 1.77 bits per heavy atom. The Morgan fingerprint density at radius 3 is 2.38 bits per heavy atom. The van der Waals surface area contributed by atoms with Gasteiger partial charge < -0.3 is 5.32 Å². The summed E-state index contributed by atoms with van der Waals surface area (Å²) >= 11 is 1.66. The first-order valence-electron chi connectivity index (χ1n) is 8.38. The number of benzene rings is 2. The van der Waals surface area contributed by atoms with Crippen LogP contribution in [-0.2, 0) is 4.79 Å². The molecule has 2 aromatic carbocycles. The van der Waals surface area contributed by atoms with Gasteiger partial charge in [-0.2, -0.15) is 4.80 Å². The van der Waals surface area contributed by atoms with Crippen molar-refractivity contribution in [3.05, 3.63) is 54.6 Å². The number of anilines is 1. The molecule has 3 rings (SSSR count). The third kappa shape index (κ3) is 4.11. The second-order valence-electron chi connectivity index (χ2n) is 6.21. The standard InChI is InChI=1S/C19H21N5OS/c1-13(2)17(19(25)20-15-9-11-16(26-3)12-10-15)24-22-18(21-23-24)14-7-5-4-6-8-14/h4-13,17H,1-3H3,(H,20,25). The van der Waals surface area contributed by atoms with Crippen LogP contribution in [-0.4, -0.2) is 32.4 Å². The normalized spacial score (nSPS) is 12.2. The fraction of sp³-hybridized carbons (Fsp3) is 0.263. The second-order valence-corrected chi connectivity index (χ2v) is 7.09. The van der Waals surface area contributed by atoms with Crippen molar-refractivity contribution in [1.82, 2.24) is 20.2 Å². The number of hydrogen-bond acceptors (Lipinski definition) is 5. The van der Waals surface area contributed by atoms with Crippen LogP contribution in [0.4, 0.5) is 5.69 Å². The maximum absolute atomic E-state index is 12.8. The van der Waals surface area contributed by atoms with Crippen LogP contribution >= 0.6 is 11.8 Å². The molecule has 0 aliphatic carbocycles. The maximum atomic E-state index is 12.8. The SMILES string of the molecule is CSc1ccc(NC(=O)C(C(C)C)n2nnc(-c3ccccc3)n2)cc1. The number of thioether (sulfide) groups is 1. The first-order chi connectivity index (χ1) is 12.6. The minimum absolute atomic E-state index is 0.0123. The van der Waals surface area contributed by atoms with Gasteiger partial charge in [-0.15, -0.1) is 22.0 Å². The van der Waals surface area contributed by atoms with E-state index in [2.05, 4.69) is 20.7 Å². The van der Waals surface area contributed by atoms with Crippen molar-refractivity contribution in [3.8, 4) is 11.4 Å². The van der Waals surface area contributed by atoms with Gasteiger partial charge in [0.1, 0.15) is 0 Å². The van der Waals surface area contributed by atoms with Crippen LogP contribution in [0.5, 0.6) is 0 Å². The number of nitrogens with one attached hydrogen (secondary N) is 1. The summed E-state index contributed by atoms with van der Waals surface area (Å²) in [5, 5.41) is 15.6.